The number of hydrogen-bond acceptors (Lipinski definition) is 5. The Balaban J connectivity index is 0.00000304. The molecule has 1 aliphatic carbocycles. The number of aromatic nitrogens is 1. The molecule has 1 saturated carbocycles. The maximum Gasteiger partial charge on any atom is 1.00 e. The first-order valence-corrected chi connectivity index (χ1v) is 12.2. The van der Waals surface area contributed by atoms with Crippen LogP contribution in [0.1, 0.15) is 43.1 Å². The average Bonchev–Trinajstić information content (AvgIpc) is 3.34. The molecule has 36 heavy (non-hydrogen) atoms. The number of carbonyl (C=O) groups is 1. The van der Waals surface area contributed by atoms with E-state index in [9.17, 15) is 9.90 Å². The number of hydrogen-bond donors (Lipinski definition) is 0. The van der Waals surface area contributed by atoms with Crippen LogP contribution in [0.15, 0.2) is 89.3 Å². The second kappa shape index (κ2) is 12.4. The van der Waals surface area contributed by atoms with Gasteiger partial charge in [0.2, 0.25) is 0 Å². The first-order valence-electron chi connectivity index (χ1n) is 12.2. The minimum atomic E-state index is -1.23. The maximum atomic E-state index is 10.8. The van der Waals surface area contributed by atoms with Crippen molar-refractivity contribution in [3.8, 4) is 28.3 Å². The van der Waals surface area contributed by atoms with E-state index in [1.54, 1.807) is 6.07 Å². The Morgan fingerprint density at radius 2 is 1.61 bits per heavy atom. The van der Waals surface area contributed by atoms with Crippen molar-refractivity contribution in [2.45, 2.75) is 38.0 Å². The van der Waals surface area contributed by atoms with Crippen molar-refractivity contribution in [2.24, 2.45) is 5.92 Å². The number of oxazole rings is 1. The van der Waals surface area contributed by atoms with Gasteiger partial charge in [0.15, 0.2) is 11.7 Å². The molecule has 1 fully saturated rings. The Bertz CT molecular complexity index is 1220. The minimum absolute atomic E-state index is 0. The zero-order valence-electron chi connectivity index (χ0n) is 20.6. The minimum Gasteiger partial charge on any atom is -0.546 e. The van der Waals surface area contributed by atoms with Gasteiger partial charge < -0.3 is 19.1 Å². The fraction of sp³-hybridized carbons (Fsp3) is 0.267. The van der Waals surface area contributed by atoms with Crippen molar-refractivity contribution >= 4 is 5.97 Å². The van der Waals surface area contributed by atoms with Crippen LogP contribution in [0.3, 0.4) is 0 Å². The molecule has 2 atom stereocenters. The van der Waals surface area contributed by atoms with E-state index >= 15 is 0 Å². The van der Waals surface area contributed by atoms with Crippen LogP contribution in [-0.4, -0.2) is 17.6 Å². The monoisotopic (exact) mass is 489 g/mol. The Kier molecular flexibility index (Phi) is 9.03. The van der Waals surface area contributed by atoms with Gasteiger partial charge in [-0.3, -0.25) is 0 Å². The average molecular weight is 490 g/mol. The summed E-state index contributed by atoms with van der Waals surface area (Å²) in [4.78, 5) is 15.8. The molecule has 0 amide bonds. The standard InChI is InChI=1S/C30H29NO4.Na/c32-27(33)20-34-25-16-9-10-21(19-25)18-24-15-7-8-17-26(24)30-31-28(22-11-3-1-4-12-22)29(35-30)23-13-5-2-6-14-23;/h1-6,9-14,16,19,24,26H,7-8,15,17-18,20H2,(H,32,33);/q;+1/p-1/t24-,26+;/m0./s1. The van der Waals surface area contributed by atoms with Crippen LogP contribution in [0.2, 0.25) is 0 Å². The van der Waals surface area contributed by atoms with Crippen molar-refractivity contribution in [2.75, 3.05) is 6.61 Å². The predicted octanol–water partition coefficient (Wildman–Crippen LogP) is 2.66. The normalized spacial score (nSPS) is 17.2. The molecule has 1 aromatic heterocycles. The summed E-state index contributed by atoms with van der Waals surface area (Å²) in [7, 11) is 0. The zero-order chi connectivity index (χ0) is 24.0. The number of nitrogens with zero attached hydrogens (tertiary/aromatic N) is 1. The van der Waals surface area contributed by atoms with Gasteiger partial charge in [-0.25, -0.2) is 4.98 Å². The largest absolute Gasteiger partial charge is 1.00 e. The molecule has 3 aromatic carbocycles. The fourth-order valence-corrected chi connectivity index (χ4v) is 5.06. The molecule has 6 heteroatoms. The third-order valence-corrected chi connectivity index (χ3v) is 6.71. The molecule has 0 bridgehead atoms. The van der Waals surface area contributed by atoms with Gasteiger partial charge in [0.1, 0.15) is 18.1 Å². The Hall–Kier alpha value is -2.86. The zero-order valence-corrected chi connectivity index (χ0v) is 22.6. The summed E-state index contributed by atoms with van der Waals surface area (Å²) in [5.41, 5.74) is 4.08. The Morgan fingerprint density at radius 3 is 2.33 bits per heavy atom. The summed E-state index contributed by atoms with van der Waals surface area (Å²) in [6, 6.07) is 28.0. The molecule has 5 rings (SSSR count). The van der Waals surface area contributed by atoms with Gasteiger partial charge in [-0.2, -0.15) is 0 Å². The van der Waals surface area contributed by atoms with Gasteiger partial charge in [0.25, 0.3) is 0 Å². The van der Waals surface area contributed by atoms with Crippen LogP contribution < -0.4 is 39.4 Å². The van der Waals surface area contributed by atoms with Gasteiger partial charge in [0.05, 0.1) is 5.97 Å². The number of carboxylic acid groups (broad SMARTS) is 1. The van der Waals surface area contributed by atoms with E-state index in [1.165, 1.54) is 6.42 Å². The first kappa shape index (κ1) is 26.2. The van der Waals surface area contributed by atoms with Crippen LogP contribution in [-0.2, 0) is 11.2 Å². The summed E-state index contributed by atoms with van der Waals surface area (Å²) in [6.45, 7) is -0.448. The maximum absolute atomic E-state index is 10.8. The third kappa shape index (κ3) is 6.28. The van der Waals surface area contributed by atoms with Gasteiger partial charge in [-0.15, -0.1) is 0 Å². The first-order chi connectivity index (χ1) is 17.2. The molecular weight excluding hydrogens is 461 g/mol. The Morgan fingerprint density at radius 1 is 0.917 bits per heavy atom. The summed E-state index contributed by atoms with van der Waals surface area (Å²) >= 11 is 0. The van der Waals surface area contributed by atoms with Crippen LogP contribution >= 0.6 is 0 Å². The van der Waals surface area contributed by atoms with Crippen molar-refractivity contribution in [1.82, 2.24) is 4.98 Å². The number of carbonyl (C=O) groups excluding carboxylic acids is 1. The summed E-state index contributed by atoms with van der Waals surface area (Å²) in [5.74, 6) is 1.54. The molecule has 1 heterocycles. The van der Waals surface area contributed by atoms with Crippen LogP contribution in [0, 0.1) is 5.92 Å². The summed E-state index contributed by atoms with van der Waals surface area (Å²) in [5, 5.41) is 10.8. The van der Waals surface area contributed by atoms with Crippen molar-refractivity contribution in [1.29, 1.82) is 0 Å². The number of benzene rings is 3. The molecule has 1 aliphatic rings. The van der Waals surface area contributed by atoms with Gasteiger partial charge in [-0.05, 0) is 42.9 Å². The van der Waals surface area contributed by atoms with E-state index in [2.05, 4.69) is 30.3 Å². The number of aliphatic carboxylic acids is 1. The molecular formula is C30H28NNaO4. The number of rotatable bonds is 8. The van der Waals surface area contributed by atoms with E-state index in [1.807, 2.05) is 48.5 Å². The Labute approximate surface area is 233 Å². The van der Waals surface area contributed by atoms with Crippen molar-refractivity contribution < 1.29 is 48.6 Å². The van der Waals surface area contributed by atoms with E-state index in [0.717, 1.165) is 59.7 Å². The molecule has 0 spiro atoms. The molecule has 5 nitrogen and oxygen atoms in total. The topological polar surface area (TPSA) is 75.4 Å². The molecule has 0 aliphatic heterocycles. The van der Waals surface area contributed by atoms with Gasteiger partial charge in [0, 0.05) is 17.0 Å². The van der Waals surface area contributed by atoms with E-state index < -0.39 is 12.6 Å². The molecule has 0 unspecified atom stereocenters. The second-order valence-corrected chi connectivity index (χ2v) is 9.13. The smallest absolute Gasteiger partial charge is 0.546 e. The number of carboxylic acids is 1. The molecule has 4 aromatic rings. The van der Waals surface area contributed by atoms with Crippen LogP contribution in [0.5, 0.6) is 5.75 Å². The second-order valence-electron chi connectivity index (χ2n) is 9.13. The molecule has 0 radical (unpaired) electrons. The van der Waals surface area contributed by atoms with Gasteiger partial charge in [-0.1, -0.05) is 85.6 Å². The summed E-state index contributed by atoms with van der Waals surface area (Å²) in [6.07, 6.45) is 5.32. The van der Waals surface area contributed by atoms with E-state index in [0.29, 0.717) is 11.7 Å². The number of ether oxygens (including phenoxy) is 1. The fourth-order valence-electron chi connectivity index (χ4n) is 5.06. The third-order valence-electron chi connectivity index (χ3n) is 6.71. The van der Waals surface area contributed by atoms with Gasteiger partial charge >= 0.3 is 29.6 Å². The van der Waals surface area contributed by atoms with E-state index in [-0.39, 0.29) is 35.5 Å². The van der Waals surface area contributed by atoms with Crippen LogP contribution in [0.25, 0.3) is 22.6 Å². The predicted molar refractivity (Wildman–Crippen MR) is 133 cm³/mol. The SMILES string of the molecule is O=C([O-])COc1cccc(C[C@@H]2CCCC[C@H]2c2nc(-c3ccccc3)c(-c3ccccc3)o2)c1.[Na+]. The molecule has 0 N–H and O–H groups in total. The van der Waals surface area contributed by atoms with E-state index in [4.69, 9.17) is 14.1 Å². The summed E-state index contributed by atoms with van der Waals surface area (Å²) < 4.78 is 11.9. The molecule has 0 saturated heterocycles. The quantitative estimate of drug-likeness (QED) is 0.356. The van der Waals surface area contributed by atoms with Crippen LogP contribution in [0.4, 0.5) is 0 Å². The van der Waals surface area contributed by atoms with Crippen molar-refractivity contribution in [3.63, 3.8) is 0 Å². The molecule has 178 valence electrons. The van der Waals surface area contributed by atoms with Crippen molar-refractivity contribution in [3.05, 3.63) is 96.4 Å².